The monoisotopic (exact) mass is 264 g/mol. The Morgan fingerprint density at radius 3 is 2.25 bits per heavy atom. The van der Waals surface area contributed by atoms with Gasteiger partial charge in [-0.25, -0.2) is 0 Å². The summed E-state index contributed by atoms with van der Waals surface area (Å²) in [5.74, 6) is 0.774. The standard InChI is InChI=1S/C19H20O/c20-19(16-10-5-2-6-11-16)18-13-7-12-17(14-18)15-8-3-1-4-9-15/h2,5-7,10-15H,1,3-4,8-9H2. The molecule has 0 aromatic heterocycles. The van der Waals surface area contributed by atoms with E-state index >= 15 is 0 Å². The fourth-order valence-electron chi connectivity index (χ4n) is 3.13. The Labute approximate surface area is 120 Å². The first-order chi connectivity index (χ1) is 9.84. The molecule has 1 heteroatoms. The normalized spacial score (nSPS) is 16.0. The molecule has 3 rings (SSSR count). The minimum absolute atomic E-state index is 0.128. The Kier molecular flexibility index (Phi) is 3.96. The van der Waals surface area contributed by atoms with Gasteiger partial charge in [-0.05, 0) is 30.4 Å². The molecule has 0 atom stereocenters. The second-order valence-corrected chi connectivity index (χ2v) is 5.66. The molecule has 0 saturated heterocycles. The summed E-state index contributed by atoms with van der Waals surface area (Å²) < 4.78 is 0. The molecule has 0 amide bonds. The molecule has 0 bridgehead atoms. The van der Waals surface area contributed by atoms with Gasteiger partial charge >= 0.3 is 0 Å². The van der Waals surface area contributed by atoms with E-state index in [0.29, 0.717) is 5.92 Å². The van der Waals surface area contributed by atoms with Crippen molar-refractivity contribution in [2.75, 3.05) is 0 Å². The van der Waals surface area contributed by atoms with Crippen molar-refractivity contribution in [2.45, 2.75) is 38.0 Å². The molecule has 1 fully saturated rings. The molecule has 0 heterocycles. The molecular formula is C19H20O. The van der Waals surface area contributed by atoms with Crippen LogP contribution in [0.1, 0.15) is 59.5 Å². The van der Waals surface area contributed by atoms with Crippen LogP contribution in [0.5, 0.6) is 0 Å². The van der Waals surface area contributed by atoms with Crippen molar-refractivity contribution in [1.29, 1.82) is 0 Å². The van der Waals surface area contributed by atoms with Crippen LogP contribution in [0, 0.1) is 0 Å². The number of carbonyl (C=O) groups excluding carboxylic acids is 1. The van der Waals surface area contributed by atoms with Crippen LogP contribution < -0.4 is 0 Å². The van der Waals surface area contributed by atoms with Crippen LogP contribution in [-0.2, 0) is 0 Å². The summed E-state index contributed by atoms with van der Waals surface area (Å²) in [5, 5.41) is 0. The second-order valence-electron chi connectivity index (χ2n) is 5.66. The zero-order valence-corrected chi connectivity index (χ0v) is 11.7. The number of benzene rings is 2. The molecule has 1 aliphatic rings. The zero-order chi connectivity index (χ0) is 13.8. The van der Waals surface area contributed by atoms with Gasteiger partial charge in [0.2, 0.25) is 0 Å². The summed E-state index contributed by atoms with van der Waals surface area (Å²) >= 11 is 0. The molecule has 0 radical (unpaired) electrons. The number of hydrogen-bond donors (Lipinski definition) is 0. The third kappa shape index (κ3) is 2.82. The topological polar surface area (TPSA) is 17.1 Å². The maximum absolute atomic E-state index is 12.5. The second kappa shape index (κ2) is 6.04. The fourth-order valence-corrected chi connectivity index (χ4v) is 3.13. The van der Waals surface area contributed by atoms with Crippen molar-refractivity contribution >= 4 is 5.78 Å². The average molecular weight is 264 g/mol. The lowest BCUT2D eigenvalue weighted by Crippen LogP contribution is -2.07. The zero-order valence-electron chi connectivity index (χ0n) is 11.7. The van der Waals surface area contributed by atoms with Crippen molar-refractivity contribution in [3.05, 3.63) is 71.3 Å². The molecule has 0 N–H and O–H groups in total. The van der Waals surface area contributed by atoms with Gasteiger partial charge in [0, 0.05) is 11.1 Å². The summed E-state index contributed by atoms with van der Waals surface area (Å²) in [6.45, 7) is 0. The number of hydrogen-bond acceptors (Lipinski definition) is 1. The predicted molar refractivity (Wildman–Crippen MR) is 82.1 cm³/mol. The Morgan fingerprint density at radius 2 is 1.50 bits per heavy atom. The summed E-state index contributed by atoms with van der Waals surface area (Å²) in [7, 11) is 0. The van der Waals surface area contributed by atoms with Crippen LogP contribution in [0.25, 0.3) is 0 Å². The Morgan fingerprint density at radius 1 is 0.800 bits per heavy atom. The summed E-state index contributed by atoms with van der Waals surface area (Å²) in [4.78, 5) is 12.5. The van der Waals surface area contributed by atoms with Gasteiger partial charge < -0.3 is 0 Å². The first kappa shape index (κ1) is 13.1. The van der Waals surface area contributed by atoms with Gasteiger partial charge in [0.1, 0.15) is 0 Å². The van der Waals surface area contributed by atoms with Crippen molar-refractivity contribution in [3.63, 3.8) is 0 Å². The number of carbonyl (C=O) groups is 1. The highest BCUT2D eigenvalue weighted by Gasteiger charge is 2.17. The van der Waals surface area contributed by atoms with Gasteiger partial charge in [-0.1, -0.05) is 67.8 Å². The van der Waals surface area contributed by atoms with Gasteiger partial charge in [0.15, 0.2) is 5.78 Å². The van der Waals surface area contributed by atoms with Crippen molar-refractivity contribution in [3.8, 4) is 0 Å². The number of rotatable bonds is 3. The van der Waals surface area contributed by atoms with Crippen LogP contribution in [-0.4, -0.2) is 5.78 Å². The van der Waals surface area contributed by atoms with E-state index in [-0.39, 0.29) is 5.78 Å². The van der Waals surface area contributed by atoms with Crippen LogP contribution in [0.4, 0.5) is 0 Å². The SMILES string of the molecule is O=C(c1ccccc1)c1cccc(C2CCCCC2)c1. The third-order valence-electron chi connectivity index (χ3n) is 4.26. The van der Waals surface area contributed by atoms with Gasteiger partial charge in [0.25, 0.3) is 0 Å². The largest absolute Gasteiger partial charge is 0.289 e. The molecule has 2 aromatic carbocycles. The first-order valence-electron chi connectivity index (χ1n) is 7.54. The quantitative estimate of drug-likeness (QED) is 0.716. The van der Waals surface area contributed by atoms with Crippen molar-refractivity contribution < 1.29 is 4.79 Å². The van der Waals surface area contributed by atoms with Crippen molar-refractivity contribution in [1.82, 2.24) is 0 Å². The van der Waals surface area contributed by atoms with E-state index < -0.39 is 0 Å². The lowest BCUT2D eigenvalue weighted by Gasteiger charge is -2.22. The molecular weight excluding hydrogens is 244 g/mol. The van der Waals surface area contributed by atoms with Crippen LogP contribution in [0.3, 0.4) is 0 Å². The lowest BCUT2D eigenvalue weighted by atomic mass is 9.83. The molecule has 1 nitrogen and oxygen atoms in total. The maximum atomic E-state index is 12.5. The minimum atomic E-state index is 0.128. The van der Waals surface area contributed by atoms with Gasteiger partial charge in [0.05, 0.1) is 0 Å². The van der Waals surface area contributed by atoms with Crippen LogP contribution in [0.15, 0.2) is 54.6 Å². The van der Waals surface area contributed by atoms with E-state index in [2.05, 4.69) is 12.1 Å². The molecule has 0 unspecified atom stereocenters. The van der Waals surface area contributed by atoms with Crippen LogP contribution >= 0.6 is 0 Å². The van der Waals surface area contributed by atoms with E-state index in [1.165, 1.54) is 37.7 Å². The molecule has 1 aliphatic carbocycles. The fraction of sp³-hybridized carbons (Fsp3) is 0.316. The molecule has 102 valence electrons. The minimum Gasteiger partial charge on any atom is -0.289 e. The van der Waals surface area contributed by atoms with E-state index in [1.807, 2.05) is 42.5 Å². The van der Waals surface area contributed by atoms with Gasteiger partial charge in [-0.2, -0.15) is 0 Å². The predicted octanol–water partition coefficient (Wildman–Crippen LogP) is 4.97. The Balaban J connectivity index is 1.85. The van der Waals surface area contributed by atoms with E-state index in [0.717, 1.165) is 11.1 Å². The van der Waals surface area contributed by atoms with Crippen molar-refractivity contribution in [2.24, 2.45) is 0 Å². The molecule has 2 aromatic rings. The smallest absolute Gasteiger partial charge is 0.193 e. The van der Waals surface area contributed by atoms with Gasteiger partial charge in [-0.3, -0.25) is 4.79 Å². The number of ketones is 1. The Bertz CT molecular complexity index is 580. The molecule has 20 heavy (non-hydrogen) atoms. The Hall–Kier alpha value is -1.89. The molecule has 1 saturated carbocycles. The first-order valence-corrected chi connectivity index (χ1v) is 7.54. The summed E-state index contributed by atoms with van der Waals surface area (Å²) in [6.07, 6.45) is 6.54. The van der Waals surface area contributed by atoms with Crippen LogP contribution in [0.2, 0.25) is 0 Å². The highest BCUT2D eigenvalue weighted by atomic mass is 16.1. The summed E-state index contributed by atoms with van der Waals surface area (Å²) in [6, 6.07) is 17.8. The van der Waals surface area contributed by atoms with E-state index in [9.17, 15) is 4.79 Å². The molecule has 0 spiro atoms. The maximum Gasteiger partial charge on any atom is 0.193 e. The third-order valence-corrected chi connectivity index (χ3v) is 4.26. The highest BCUT2D eigenvalue weighted by Crippen LogP contribution is 2.33. The highest BCUT2D eigenvalue weighted by molar-refractivity contribution is 6.09. The van der Waals surface area contributed by atoms with E-state index in [4.69, 9.17) is 0 Å². The lowest BCUT2D eigenvalue weighted by molar-refractivity contribution is 0.103. The molecule has 0 aliphatic heterocycles. The summed E-state index contributed by atoms with van der Waals surface area (Å²) in [5.41, 5.74) is 2.93. The van der Waals surface area contributed by atoms with Gasteiger partial charge in [-0.15, -0.1) is 0 Å². The average Bonchev–Trinajstić information content (AvgIpc) is 2.56. The van der Waals surface area contributed by atoms with E-state index in [1.54, 1.807) is 0 Å².